The van der Waals surface area contributed by atoms with Crippen LogP contribution in [0.1, 0.15) is 32.6 Å². The molecule has 0 unspecified atom stereocenters. The minimum Gasteiger partial charge on any atom is -0.294 e. The Morgan fingerprint density at radius 3 is 2.32 bits per heavy atom. The van der Waals surface area contributed by atoms with Gasteiger partial charge in [0.25, 0.3) is 0 Å². The maximum absolute atomic E-state index is 13.2. The molecule has 2 aromatic carbocycles. The molecule has 0 saturated heterocycles. The van der Waals surface area contributed by atoms with Crippen LogP contribution in [0.4, 0.5) is 4.39 Å². The van der Waals surface area contributed by atoms with E-state index in [0.29, 0.717) is 5.56 Å². The summed E-state index contributed by atoms with van der Waals surface area (Å²) in [6.07, 6.45) is 0.242. The van der Waals surface area contributed by atoms with Crippen LogP contribution >= 0.6 is 0 Å². The Morgan fingerprint density at radius 2 is 1.63 bits per heavy atom. The Bertz CT molecular complexity index is 629. The Balaban J connectivity index is 2.25. The van der Waals surface area contributed by atoms with Gasteiger partial charge in [-0.25, -0.2) is 4.39 Å². The summed E-state index contributed by atoms with van der Waals surface area (Å²) >= 11 is 0. The number of Topliss-reactive ketones (excluding diaryl/α,β-unsaturated/α-hetero) is 1. The molecule has 0 fully saturated rings. The number of hydrogen-bond donors (Lipinski definition) is 0. The molecule has 2 rings (SSSR count). The van der Waals surface area contributed by atoms with Crippen molar-refractivity contribution in [2.24, 2.45) is 0 Å². The first-order valence-electron chi connectivity index (χ1n) is 6.33. The molecule has 0 amide bonds. The van der Waals surface area contributed by atoms with Crippen molar-refractivity contribution in [2.45, 2.75) is 27.2 Å². The lowest BCUT2D eigenvalue weighted by Crippen LogP contribution is -2.06. The molecular formula is C17H17FO. The summed E-state index contributed by atoms with van der Waals surface area (Å²) in [7, 11) is 0. The van der Waals surface area contributed by atoms with Crippen molar-refractivity contribution >= 4 is 5.78 Å². The van der Waals surface area contributed by atoms with Crippen molar-refractivity contribution in [3.05, 3.63) is 70.0 Å². The van der Waals surface area contributed by atoms with E-state index >= 15 is 0 Å². The third-order valence-corrected chi connectivity index (χ3v) is 3.49. The van der Waals surface area contributed by atoms with Crippen molar-refractivity contribution in [2.75, 3.05) is 0 Å². The number of rotatable bonds is 3. The third-order valence-electron chi connectivity index (χ3n) is 3.49. The molecule has 0 radical (unpaired) electrons. The molecule has 0 aromatic heterocycles. The number of halogens is 1. The number of ketones is 1. The highest BCUT2D eigenvalue weighted by Gasteiger charge is 2.10. The summed E-state index contributed by atoms with van der Waals surface area (Å²) in [5.74, 6) is -0.273. The standard InChI is InChI=1S/C17H17FO/c1-11-4-6-14(8-13(11)3)17(19)10-15-9-16(18)7-5-12(15)2/h4-9H,10H2,1-3H3. The van der Waals surface area contributed by atoms with Gasteiger partial charge in [0.15, 0.2) is 5.78 Å². The van der Waals surface area contributed by atoms with Crippen LogP contribution in [0.15, 0.2) is 36.4 Å². The van der Waals surface area contributed by atoms with Crippen LogP contribution < -0.4 is 0 Å². The van der Waals surface area contributed by atoms with Gasteiger partial charge in [-0.05, 0) is 61.2 Å². The second kappa shape index (κ2) is 5.35. The average Bonchev–Trinajstić information content (AvgIpc) is 2.37. The summed E-state index contributed by atoms with van der Waals surface area (Å²) in [5, 5.41) is 0. The highest BCUT2D eigenvalue weighted by Crippen LogP contribution is 2.16. The van der Waals surface area contributed by atoms with E-state index in [2.05, 4.69) is 0 Å². The van der Waals surface area contributed by atoms with Gasteiger partial charge < -0.3 is 0 Å². The second-order valence-electron chi connectivity index (χ2n) is 4.97. The highest BCUT2D eigenvalue weighted by molar-refractivity contribution is 5.97. The van der Waals surface area contributed by atoms with Crippen molar-refractivity contribution in [3.8, 4) is 0 Å². The lowest BCUT2D eigenvalue weighted by molar-refractivity contribution is 0.0992. The number of aryl methyl sites for hydroxylation is 3. The first-order chi connectivity index (χ1) is 8.97. The van der Waals surface area contributed by atoms with E-state index in [1.807, 2.05) is 39.0 Å². The SMILES string of the molecule is Cc1ccc(C(=O)Cc2cc(F)ccc2C)cc1C. The van der Waals surface area contributed by atoms with Crippen LogP contribution in [0.2, 0.25) is 0 Å². The van der Waals surface area contributed by atoms with E-state index in [-0.39, 0.29) is 18.0 Å². The molecule has 0 atom stereocenters. The molecule has 1 nitrogen and oxygen atoms in total. The van der Waals surface area contributed by atoms with Crippen LogP contribution in [0.5, 0.6) is 0 Å². The molecule has 0 saturated carbocycles. The molecule has 0 aliphatic heterocycles. The zero-order valence-corrected chi connectivity index (χ0v) is 11.5. The molecule has 2 aromatic rings. The van der Waals surface area contributed by atoms with Gasteiger partial charge in [-0.15, -0.1) is 0 Å². The Kier molecular flexibility index (Phi) is 3.79. The number of benzene rings is 2. The van der Waals surface area contributed by atoms with Crippen molar-refractivity contribution in [1.82, 2.24) is 0 Å². The summed E-state index contributed by atoms with van der Waals surface area (Å²) in [6, 6.07) is 10.2. The van der Waals surface area contributed by atoms with Crippen LogP contribution in [0, 0.1) is 26.6 Å². The Hall–Kier alpha value is -1.96. The Morgan fingerprint density at radius 1 is 0.947 bits per heavy atom. The molecule has 0 aliphatic rings. The van der Waals surface area contributed by atoms with E-state index < -0.39 is 0 Å². The van der Waals surface area contributed by atoms with Gasteiger partial charge in [0.2, 0.25) is 0 Å². The van der Waals surface area contributed by atoms with Gasteiger partial charge in [-0.2, -0.15) is 0 Å². The van der Waals surface area contributed by atoms with Crippen molar-refractivity contribution < 1.29 is 9.18 Å². The monoisotopic (exact) mass is 256 g/mol. The maximum Gasteiger partial charge on any atom is 0.167 e. The van der Waals surface area contributed by atoms with E-state index in [1.54, 1.807) is 6.07 Å². The first-order valence-corrected chi connectivity index (χ1v) is 6.33. The van der Waals surface area contributed by atoms with Gasteiger partial charge in [-0.3, -0.25) is 4.79 Å². The molecule has 0 aliphatic carbocycles. The smallest absolute Gasteiger partial charge is 0.167 e. The maximum atomic E-state index is 13.2. The summed E-state index contributed by atoms with van der Waals surface area (Å²) in [5.41, 5.74) is 4.65. The lowest BCUT2D eigenvalue weighted by Gasteiger charge is -2.07. The minimum atomic E-state index is -0.298. The summed E-state index contributed by atoms with van der Waals surface area (Å²) in [4.78, 5) is 12.2. The topological polar surface area (TPSA) is 17.1 Å². The normalized spacial score (nSPS) is 10.5. The molecule has 0 bridgehead atoms. The molecule has 19 heavy (non-hydrogen) atoms. The molecule has 0 N–H and O–H groups in total. The fourth-order valence-corrected chi connectivity index (χ4v) is 2.02. The van der Waals surface area contributed by atoms with Gasteiger partial charge in [0, 0.05) is 12.0 Å². The zero-order valence-electron chi connectivity index (χ0n) is 11.5. The fourth-order valence-electron chi connectivity index (χ4n) is 2.02. The van der Waals surface area contributed by atoms with Crippen LogP contribution in [-0.2, 0) is 6.42 Å². The summed E-state index contributed by atoms with van der Waals surface area (Å²) in [6.45, 7) is 5.89. The van der Waals surface area contributed by atoms with Gasteiger partial charge in [0.1, 0.15) is 5.82 Å². The molecule has 2 heteroatoms. The number of hydrogen-bond acceptors (Lipinski definition) is 1. The van der Waals surface area contributed by atoms with E-state index in [0.717, 1.165) is 16.7 Å². The van der Waals surface area contributed by atoms with Crippen molar-refractivity contribution in [3.63, 3.8) is 0 Å². The molecule has 98 valence electrons. The number of carbonyl (C=O) groups is 1. The average molecular weight is 256 g/mol. The largest absolute Gasteiger partial charge is 0.294 e. The second-order valence-corrected chi connectivity index (χ2v) is 4.97. The first kappa shape index (κ1) is 13.5. The predicted octanol–water partition coefficient (Wildman–Crippen LogP) is 4.18. The lowest BCUT2D eigenvalue weighted by atomic mass is 9.97. The number of carbonyl (C=O) groups excluding carboxylic acids is 1. The fraction of sp³-hybridized carbons (Fsp3) is 0.235. The van der Waals surface area contributed by atoms with Crippen molar-refractivity contribution in [1.29, 1.82) is 0 Å². The van der Waals surface area contributed by atoms with Crippen LogP contribution in [0.25, 0.3) is 0 Å². The van der Waals surface area contributed by atoms with E-state index in [4.69, 9.17) is 0 Å². The molecular weight excluding hydrogens is 239 g/mol. The Labute approximate surface area is 113 Å². The van der Waals surface area contributed by atoms with E-state index in [1.165, 1.54) is 17.7 Å². The zero-order chi connectivity index (χ0) is 14.0. The van der Waals surface area contributed by atoms with Gasteiger partial charge in [-0.1, -0.05) is 18.2 Å². The molecule has 0 spiro atoms. The highest BCUT2D eigenvalue weighted by atomic mass is 19.1. The predicted molar refractivity (Wildman–Crippen MR) is 75.1 cm³/mol. The quantitative estimate of drug-likeness (QED) is 0.753. The van der Waals surface area contributed by atoms with E-state index in [9.17, 15) is 9.18 Å². The third kappa shape index (κ3) is 3.08. The van der Waals surface area contributed by atoms with Gasteiger partial charge in [0.05, 0.1) is 0 Å². The minimum absolute atomic E-state index is 0.0248. The van der Waals surface area contributed by atoms with Gasteiger partial charge >= 0.3 is 0 Å². The summed E-state index contributed by atoms with van der Waals surface area (Å²) < 4.78 is 13.2. The van der Waals surface area contributed by atoms with Crippen LogP contribution in [0.3, 0.4) is 0 Å². The van der Waals surface area contributed by atoms with Crippen LogP contribution in [-0.4, -0.2) is 5.78 Å². The molecule has 0 heterocycles.